The van der Waals surface area contributed by atoms with E-state index in [4.69, 9.17) is 5.26 Å². The molecule has 0 bridgehead atoms. The van der Waals surface area contributed by atoms with Crippen LogP contribution < -0.4 is 10.5 Å². The van der Waals surface area contributed by atoms with Gasteiger partial charge in [-0.05, 0) is 18.2 Å². The molecular weight excluding hydrogens is 260 g/mol. The number of hydrogen-bond acceptors (Lipinski definition) is 5. The first-order chi connectivity index (χ1) is 9.10. The van der Waals surface area contributed by atoms with E-state index < -0.39 is 0 Å². The van der Waals surface area contributed by atoms with Crippen molar-refractivity contribution in [3.05, 3.63) is 34.1 Å². The van der Waals surface area contributed by atoms with E-state index in [0.29, 0.717) is 5.52 Å². The molecule has 0 unspecified atom stereocenters. The minimum atomic E-state index is -0.364. The number of aromatic nitrogens is 2. The zero-order valence-electron chi connectivity index (χ0n) is 10.4. The molecule has 2 heterocycles. The van der Waals surface area contributed by atoms with Crippen LogP contribution in [0.5, 0.6) is 0 Å². The summed E-state index contributed by atoms with van der Waals surface area (Å²) in [6.45, 7) is 0. The number of thiazole rings is 1. The van der Waals surface area contributed by atoms with Gasteiger partial charge in [-0.1, -0.05) is 11.3 Å². The van der Waals surface area contributed by atoms with Crippen LogP contribution in [0.3, 0.4) is 0 Å². The second-order valence-electron chi connectivity index (χ2n) is 4.39. The summed E-state index contributed by atoms with van der Waals surface area (Å²) in [7, 11) is 3.87. The summed E-state index contributed by atoms with van der Waals surface area (Å²) in [6.07, 6.45) is 0. The highest BCUT2D eigenvalue weighted by Gasteiger charge is 2.11. The Bertz CT molecular complexity index is 885. The Balaban J connectivity index is 2.45. The van der Waals surface area contributed by atoms with Crippen LogP contribution in [-0.4, -0.2) is 24.1 Å². The first-order valence-corrected chi connectivity index (χ1v) is 6.46. The summed E-state index contributed by atoms with van der Waals surface area (Å²) in [6, 6.07) is 7.29. The van der Waals surface area contributed by atoms with Gasteiger partial charge in [0.1, 0.15) is 11.6 Å². The van der Waals surface area contributed by atoms with Crippen molar-refractivity contribution in [2.24, 2.45) is 0 Å². The highest BCUT2D eigenvalue weighted by Crippen LogP contribution is 2.31. The molecule has 6 heteroatoms. The van der Waals surface area contributed by atoms with Gasteiger partial charge in [-0.25, -0.2) is 4.98 Å². The van der Waals surface area contributed by atoms with Gasteiger partial charge in [0, 0.05) is 19.5 Å². The van der Waals surface area contributed by atoms with Crippen molar-refractivity contribution in [3.8, 4) is 6.07 Å². The molecule has 0 saturated heterocycles. The molecule has 0 fully saturated rings. The Morgan fingerprint density at radius 1 is 1.42 bits per heavy atom. The van der Waals surface area contributed by atoms with Gasteiger partial charge >= 0.3 is 0 Å². The van der Waals surface area contributed by atoms with E-state index in [-0.39, 0.29) is 11.1 Å². The van der Waals surface area contributed by atoms with Crippen molar-refractivity contribution in [1.82, 2.24) is 9.97 Å². The lowest BCUT2D eigenvalue weighted by Crippen LogP contribution is -2.09. The number of benzene rings is 1. The average Bonchev–Trinajstić information content (AvgIpc) is 2.82. The summed E-state index contributed by atoms with van der Waals surface area (Å²) < 4.78 is 1.03. The monoisotopic (exact) mass is 270 g/mol. The van der Waals surface area contributed by atoms with E-state index >= 15 is 0 Å². The van der Waals surface area contributed by atoms with Crippen molar-refractivity contribution < 1.29 is 0 Å². The molecule has 3 rings (SSSR count). The van der Waals surface area contributed by atoms with Crippen molar-refractivity contribution in [3.63, 3.8) is 0 Å². The third-order valence-corrected chi connectivity index (χ3v) is 4.06. The van der Waals surface area contributed by atoms with Crippen molar-refractivity contribution in [1.29, 1.82) is 5.26 Å². The Hall–Kier alpha value is -2.39. The van der Waals surface area contributed by atoms with Crippen LogP contribution in [0.4, 0.5) is 5.13 Å². The second kappa shape index (κ2) is 4.07. The molecule has 94 valence electrons. The quantitative estimate of drug-likeness (QED) is 0.734. The molecule has 5 nitrogen and oxygen atoms in total. The van der Waals surface area contributed by atoms with Gasteiger partial charge in [0.05, 0.1) is 15.7 Å². The fraction of sp³-hybridized carbons (Fsp3) is 0.154. The third-order valence-electron chi connectivity index (χ3n) is 2.87. The van der Waals surface area contributed by atoms with E-state index in [1.54, 1.807) is 17.4 Å². The molecule has 0 radical (unpaired) electrons. The van der Waals surface area contributed by atoms with Gasteiger partial charge in [-0.2, -0.15) is 5.26 Å². The predicted molar refractivity (Wildman–Crippen MR) is 76.8 cm³/mol. The molecule has 2 aromatic heterocycles. The van der Waals surface area contributed by atoms with Crippen LogP contribution in [0.2, 0.25) is 0 Å². The minimum absolute atomic E-state index is 0.111. The van der Waals surface area contributed by atoms with Crippen LogP contribution >= 0.6 is 11.3 Å². The Morgan fingerprint density at radius 3 is 2.89 bits per heavy atom. The number of pyridine rings is 1. The van der Waals surface area contributed by atoms with Crippen LogP contribution in [0.1, 0.15) is 5.56 Å². The van der Waals surface area contributed by atoms with Gasteiger partial charge in [-0.3, -0.25) is 4.79 Å². The third kappa shape index (κ3) is 1.75. The molecule has 1 N–H and O–H groups in total. The fourth-order valence-electron chi connectivity index (χ4n) is 1.93. The molecule has 0 atom stereocenters. The van der Waals surface area contributed by atoms with Crippen molar-refractivity contribution in [2.45, 2.75) is 0 Å². The van der Waals surface area contributed by atoms with Crippen molar-refractivity contribution >= 4 is 37.6 Å². The van der Waals surface area contributed by atoms with Crippen LogP contribution in [0, 0.1) is 11.3 Å². The van der Waals surface area contributed by atoms with E-state index in [2.05, 4.69) is 9.97 Å². The molecule has 0 aliphatic rings. The normalized spacial score (nSPS) is 10.8. The Morgan fingerprint density at radius 2 is 2.21 bits per heavy atom. The minimum Gasteiger partial charge on any atom is -0.354 e. The number of hydrogen-bond donors (Lipinski definition) is 1. The van der Waals surface area contributed by atoms with E-state index in [1.807, 2.05) is 37.2 Å². The first-order valence-electron chi connectivity index (χ1n) is 5.64. The predicted octanol–water partition coefficient (Wildman–Crippen LogP) is 2.08. The Kier molecular flexibility index (Phi) is 2.50. The number of nitriles is 1. The molecule has 3 aromatic rings. The number of rotatable bonds is 1. The molecule has 1 aromatic carbocycles. The summed E-state index contributed by atoms with van der Waals surface area (Å²) in [5.74, 6) is 0. The molecular formula is C13H10N4OS. The smallest absolute Gasteiger partial charge is 0.266 e. The topological polar surface area (TPSA) is 72.8 Å². The van der Waals surface area contributed by atoms with Crippen LogP contribution in [-0.2, 0) is 0 Å². The number of fused-ring (bicyclic) bond motifs is 3. The summed E-state index contributed by atoms with van der Waals surface area (Å²) >= 11 is 1.58. The lowest BCUT2D eigenvalue weighted by Gasteiger charge is -2.04. The fourth-order valence-corrected chi connectivity index (χ4v) is 2.84. The molecule has 0 spiro atoms. The average molecular weight is 270 g/mol. The lowest BCUT2D eigenvalue weighted by atomic mass is 10.1. The summed E-state index contributed by atoms with van der Waals surface area (Å²) in [4.78, 5) is 20.8. The zero-order valence-corrected chi connectivity index (χ0v) is 11.2. The summed E-state index contributed by atoms with van der Waals surface area (Å²) in [5.41, 5.74) is 1.27. The number of nitrogens with zero attached hydrogens (tertiary/aromatic N) is 3. The zero-order chi connectivity index (χ0) is 13.6. The second-order valence-corrected chi connectivity index (χ2v) is 5.40. The van der Waals surface area contributed by atoms with E-state index in [0.717, 1.165) is 20.7 Å². The van der Waals surface area contributed by atoms with Gasteiger partial charge in [0.15, 0.2) is 5.13 Å². The number of H-pyrrole nitrogens is 1. The van der Waals surface area contributed by atoms with Crippen LogP contribution in [0.25, 0.3) is 21.1 Å². The maximum absolute atomic E-state index is 11.6. The van der Waals surface area contributed by atoms with Crippen molar-refractivity contribution in [2.75, 3.05) is 19.0 Å². The highest BCUT2D eigenvalue weighted by molar-refractivity contribution is 7.22. The molecule has 0 aliphatic carbocycles. The van der Waals surface area contributed by atoms with E-state index in [1.165, 1.54) is 0 Å². The SMILES string of the molecule is CN(C)c1nc2c(ccc3[nH]c(=O)c(C#N)cc32)s1. The number of nitrogens with one attached hydrogen (secondary N) is 1. The Labute approximate surface area is 112 Å². The van der Waals surface area contributed by atoms with Gasteiger partial charge in [0.2, 0.25) is 0 Å². The summed E-state index contributed by atoms with van der Waals surface area (Å²) in [5, 5.41) is 10.6. The standard InChI is InChI=1S/C13H10N4OS/c1-17(2)13-16-11-8-5-7(6-14)12(18)15-9(8)3-4-10(11)19-13/h3-5H,1-2H3,(H,15,18). The molecule has 0 aliphatic heterocycles. The molecule has 0 amide bonds. The van der Waals surface area contributed by atoms with Gasteiger partial charge in [0.25, 0.3) is 5.56 Å². The van der Waals surface area contributed by atoms with Gasteiger partial charge < -0.3 is 9.88 Å². The number of aromatic amines is 1. The van der Waals surface area contributed by atoms with Gasteiger partial charge in [-0.15, -0.1) is 0 Å². The lowest BCUT2D eigenvalue weighted by molar-refractivity contribution is 1.11. The molecule has 0 saturated carbocycles. The largest absolute Gasteiger partial charge is 0.354 e. The number of anilines is 1. The first kappa shape index (κ1) is 11.7. The maximum atomic E-state index is 11.6. The van der Waals surface area contributed by atoms with Crippen LogP contribution in [0.15, 0.2) is 23.0 Å². The highest BCUT2D eigenvalue weighted by atomic mass is 32.1. The van der Waals surface area contributed by atoms with E-state index in [9.17, 15) is 4.79 Å². The molecule has 19 heavy (non-hydrogen) atoms. The maximum Gasteiger partial charge on any atom is 0.266 e.